The Hall–Kier alpha value is -4.24. The zero-order valence-electron chi connectivity index (χ0n) is 19.4. The van der Waals surface area contributed by atoms with Crippen LogP contribution in [-0.4, -0.2) is 30.4 Å². The summed E-state index contributed by atoms with van der Waals surface area (Å²) in [7, 11) is 0. The van der Waals surface area contributed by atoms with Crippen molar-refractivity contribution in [2.24, 2.45) is 0 Å². The van der Waals surface area contributed by atoms with Crippen LogP contribution in [0.5, 0.6) is 11.5 Å². The number of ether oxygens (including phenoxy) is 2. The predicted molar refractivity (Wildman–Crippen MR) is 137 cm³/mol. The Kier molecular flexibility index (Phi) is 7.30. The normalized spacial score (nSPS) is 14.6. The molecule has 0 aliphatic carbocycles. The molecule has 3 aromatic rings. The summed E-state index contributed by atoms with van der Waals surface area (Å²) in [5.74, 6) is -1.67. The van der Waals surface area contributed by atoms with Crippen molar-refractivity contribution in [1.82, 2.24) is 5.32 Å². The van der Waals surface area contributed by atoms with Crippen LogP contribution in [-0.2, 0) is 9.59 Å². The van der Waals surface area contributed by atoms with Crippen LogP contribution in [0.2, 0.25) is 0 Å². The van der Waals surface area contributed by atoms with Gasteiger partial charge in [0, 0.05) is 4.47 Å². The number of aryl methyl sites for hydroxylation is 1. The van der Waals surface area contributed by atoms with Crippen molar-refractivity contribution >= 4 is 51.5 Å². The molecule has 0 bridgehead atoms. The number of carbonyl (C=O) groups excluding carboxylic acids is 4. The fraction of sp³-hybridized carbons (Fsp3) is 0.111. The molecule has 0 spiro atoms. The minimum Gasteiger partial charge on any atom is -0.490 e. The van der Waals surface area contributed by atoms with Gasteiger partial charge in [-0.2, -0.15) is 0 Å². The van der Waals surface area contributed by atoms with Gasteiger partial charge in [0.05, 0.1) is 17.9 Å². The van der Waals surface area contributed by atoms with Gasteiger partial charge >= 0.3 is 12.0 Å². The molecule has 0 radical (unpaired) electrons. The third-order valence-electron chi connectivity index (χ3n) is 5.22. The summed E-state index contributed by atoms with van der Waals surface area (Å²) in [6.07, 6.45) is 1.35. The molecule has 1 heterocycles. The van der Waals surface area contributed by atoms with Crippen LogP contribution in [0.1, 0.15) is 28.4 Å². The maximum atomic E-state index is 13.1. The van der Waals surface area contributed by atoms with Gasteiger partial charge in [-0.15, -0.1) is 0 Å². The van der Waals surface area contributed by atoms with Crippen LogP contribution in [0.3, 0.4) is 0 Å². The maximum Gasteiger partial charge on any atom is 0.343 e. The molecule has 3 aromatic carbocycles. The lowest BCUT2D eigenvalue weighted by Gasteiger charge is -2.26. The second kappa shape index (κ2) is 10.6. The standard InChI is InChI=1S/C27H21BrN2O6/c1-3-35-23-15-17(7-12-22(23)36-26(33)18-6-4-5-16(2)13-18)14-21-24(31)29-27(34)30(25(21)32)20-10-8-19(28)9-11-20/h4-15H,3H2,1-2H3,(H,29,31,34)/b21-14+. The summed E-state index contributed by atoms with van der Waals surface area (Å²) in [6, 6.07) is 17.4. The Morgan fingerprint density at radius 3 is 2.44 bits per heavy atom. The lowest BCUT2D eigenvalue weighted by atomic mass is 10.1. The lowest BCUT2D eigenvalue weighted by Crippen LogP contribution is -2.54. The van der Waals surface area contributed by atoms with Crippen LogP contribution < -0.4 is 19.7 Å². The molecule has 4 rings (SSSR count). The fourth-order valence-electron chi connectivity index (χ4n) is 3.55. The van der Waals surface area contributed by atoms with Crippen molar-refractivity contribution in [3.8, 4) is 11.5 Å². The van der Waals surface area contributed by atoms with Crippen LogP contribution in [0.25, 0.3) is 6.08 Å². The van der Waals surface area contributed by atoms with E-state index in [4.69, 9.17) is 9.47 Å². The number of esters is 1. The molecule has 0 aromatic heterocycles. The summed E-state index contributed by atoms with van der Waals surface area (Å²) in [4.78, 5) is 51.5. The Labute approximate surface area is 215 Å². The molecule has 0 atom stereocenters. The molecule has 1 aliphatic heterocycles. The first-order chi connectivity index (χ1) is 17.3. The van der Waals surface area contributed by atoms with E-state index in [1.165, 1.54) is 12.1 Å². The van der Waals surface area contributed by atoms with E-state index in [0.717, 1.165) is 14.9 Å². The average molecular weight is 549 g/mol. The summed E-state index contributed by atoms with van der Waals surface area (Å²) in [5, 5.41) is 2.19. The van der Waals surface area contributed by atoms with Crippen LogP contribution in [0, 0.1) is 6.92 Å². The quantitative estimate of drug-likeness (QED) is 0.200. The number of hydrogen-bond acceptors (Lipinski definition) is 6. The number of carbonyl (C=O) groups is 4. The van der Waals surface area contributed by atoms with Gasteiger partial charge in [-0.3, -0.25) is 14.9 Å². The molecule has 9 heteroatoms. The highest BCUT2D eigenvalue weighted by Crippen LogP contribution is 2.31. The fourth-order valence-corrected chi connectivity index (χ4v) is 3.81. The number of nitrogens with one attached hydrogen (secondary N) is 1. The molecular weight excluding hydrogens is 528 g/mol. The Balaban J connectivity index is 1.64. The summed E-state index contributed by atoms with van der Waals surface area (Å²) in [6.45, 7) is 3.94. The van der Waals surface area contributed by atoms with Crippen LogP contribution in [0.4, 0.5) is 10.5 Å². The molecule has 1 saturated heterocycles. The highest BCUT2D eigenvalue weighted by molar-refractivity contribution is 9.10. The summed E-state index contributed by atoms with van der Waals surface area (Å²) in [5.41, 5.74) is 1.84. The van der Waals surface area contributed by atoms with Crippen molar-refractivity contribution in [3.05, 3.63) is 93.5 Å². The zero-order valence-corrected chi connectivity index (χ0v) is 21.0. The molecule has 1 aliphatic rings. The zero-order chi connectivity index (χ0) is 25.8. The molecule has 0 unspecified atom stereocenters. The first-order valence-corrected chi connectivity index (χ1v) is 11.8. The third kappa shape index (κ3) is 5.36. The second-order valence-electron chi connectivity index (χ2n) is 7.83. The van der Waals surface area contributed by atoms with E-state index in [0.29, 0.717) is 23.4 Å². The van der Waals surface area contributed by atoms with Crippen LogP contribution >= 0.6 is 15.9 Å². The summed E-state index contributed by atoms with van der Waals surface area (Å²) >= 11 is 3.31. The topological polar surface area (TPSA) is 102 Å². The van der Waals surface area contributed by atoms with Gasteiger partial charge in [-0.05, 0) is 74.0 Å². The molecule has 1 fully saturated rings. The highest BCUT2D eigenvalue weighted by Gasteiger charge is 2.36. The molecular formula is C27H21BrN2O6. The average Bonchev–Trinajstić information content (AvgIpc) is 2.84. The van der Waals surface area contributed by atoms with E-state index in [9.17, 15) is 19.2 Å². The van der Waals surface area contributed by atoms with Crippen LogP contribution in [0.15, 0.2) is 76.8 Å². The second-order valence-corrected chi connectivity index (χ2v) is 8.75. The number of urea groups is 1. The number of halogens is 1. The number of amides is 4. The van der Waals surface area contributed by atoms with Gasteiger partial charge in [0.15, 0.2) is 11.5 Å². The number of hydrogen-bond donors (Lipinski definition) is 1. The highest BCUT2D eigenvalue weighted by atomic mass is 79.9. The monoisotopic (exact) mass is 548 g/mol. The van der Waals surface area contributed by atoms with E-state index < -0.39 is 23.8 Å². The third-order valence-corrected chi connectivity index (χ3v) is 5.75. The van der Waals surface area contributed by atoms with E-state index in [-0.39, 0.29) is 17.1 Å². The van der Waals surface area contributed by atoms with Crippen molar-refractivity contribution < 1.29 is 28.7 Å². The minimum atomic E-state index is -0.835. The van der Waals surface area contributed by atoms with Gasteiger partial charge in [0.25, 0.3) is 11.8 Å². The van der Waals surface area contributed by atoms with Crippen molar-refractivity contribution in [1.29, 1.82) is 0 Å². The van der Waals surface area contributed by atoms with Crippen molar-refractivity contribution in [2.75, 3.05) is 11.5 Å². The Morgan fingerprint density at radius 1 is 1.00 bits per heavy atom. The number of anilines is 1. The number of imide groups is 2. The molecule has 4 amide bonds. The van der Waals surface area contributed by atoms with Gasteiger partial charge in [0.1, 0.15) is 5.57 Å². The van der Waals surface area contributed by atoms with E-state index in [1.807, 2.05) is 13.0 Å². The largest absolute Gasteiger partial charge is 0.490 e. The Bertz CT molecular complexity index is 1400. The molecule has 1 N–H and O–H groups in total. The van der Waals surface area contributed by atoms with Crippen molar-refractivity contribution in [2.45, 2.75) is 13.8 Å². The SMILES string of the molecule is CCOc1cc(/C=C2\C(=O)NC(=O)N(c3ccc(Br)cc3)C2=O)ccc1OC(=O)c1cccc(C)c1. The molecule has 0 saturated carbocycles. The number of nitrogens with zero attached hydrogens (tertiary/aromatic N) is 1. The van der Waals surface area contributed by atoms with E-state index in [2.05, 4.69) is 21.2 Å². The first kappa shape index (κ1) is 24.9. The number of barbiturate groups is 1. The van der Waals surface area contributed by atoms with Gasteiger partial charge in [0.2, 0.25) is 0 Å². The number of benzene rings is 3. The Morgan fingerprint density at radius 2 is 1.75 bits per heavy atom. The molecule has 8 nitrogen and oxygen atoms in total. The van der Waals surface area contributed by atoms with Crippen molar-refractivity contribution in [3.63, 3.8) is 0 Å². The molecule has 36 heavy (non-hydrogen) atoms. The van der Waals surface area contributed by atoms with Gasteiger partial charge in [-0.1, -0.05) is 39.7 Å². The maximum absolute atomic E-state index is 13.1. The molecule has 182 valence electrons. The lowest BCUT2D eigenvalue weighted by molar-refractivity contribution is -0.122. The number of rotatable bonds is 6. The van der Waals surface area contributed by atoms with E-state index in [1.54, 1.807) is 61.5 Å². The predicted octanol–water partition coefficient (Wildman–Crippen LogP) is 5.04. The van der Waals surface area contributed by atoms with Gasteiger partial charge in [-0.25, -0.2) is 14.5 Å². The van der Waals surface area contributed by atoms with E-state index >= 15 is 0 Å². The smallest absolute Gasteiger partial charge is 0.343 e. The first-order valence-electron chi connectivity index (χ1n) is 11.0. The minimum absolute atomic E-state index is 0.191. The van der Waals surface area contributed by atoms with Gasteiger partial charge < -0.3 is 9.47 Å². The summed E-state index contributed by atoms with van der Waals surface area (Å²) < 4.78 is 11.9.